The van der Waals surface area contributed by atoms with Crippen LogP contribution in [0.3, 0.4) is 0 Å². The highest BCUT2D eigenvalue weighted by Crippen LogP contribution is 2.17. The van der Waals surface area contributed by atoms with Crippen molar-refractivity contribution in [3.05, 3.63) is 47.8 Å². The van der Waals surface area contributed by atoms with Gasteiger partial charge in [0.25, 0.3) is 0 Å². The van der Waals surface area contributed by atoms with Crippen LogP contribution in [0.25, 0.3) is 0 Å². The topological polar surface area (TPSA) is 111 Å². The molecule has 0 radical (unpaired) electrons. The van der Waals surface area contributed by atoms with E-state index in [4.69, 9.17) is 5.11 Å². The predicted octanol–water partition coefficient (Wildman–Crippen LogP) is 2.36. The van der Waals surface area contributed by atoms with Crippen molar-refractivity contribution in [2.24, 2.45) is 0 Å². The van der Waals surface area contributed by atoms with E-state index in [2.05, 4.69) is 20.6 Å². The number of piperazine rings is 1. The summed E-state index contributed by atoms with van der Waals surface area (Å²) in [6.07, 6.45) is 2.03. The van der Waals surface area contributed by atoms with Gasteiger partial charge in [0, 0.05) is 38.4 Å². The summed E-state index contributed by atoms with van der Waals surface area (Å²) in [6, 6.07) is 3.80. The minimum Gasteiger partial charge on any atom is -0.465 e. The van der Waals surface area contributed by atoms with Crippen LogP contribution in [0.5, 0.6) is 0 Å². The maximum atomic E-state index is 14.0. The van der Waals surface area contributed by atoms with E-state index in [1.165, 1.54) is 29.4 Å². The highest BCUT2D eigenvalue weighted by Gasteiger charge is 2.20. The van der Waals surface area contributed by atoms with E-state index < -0.39 is 17.9 Å². The standard InChI is InChI=1S/C18H21FN6O3/c1-12-20-9-16(10-21-12)23-17(26)22-15-7-13(6-14(19)8-15)11-24-2-4-25(5-3-24)18(27)28/h6-10H,2-5,11H2,1H3,(H,27,28)(H2,22,23,26). The van der Waals surface area contributed by atoms with Gasteiger partial charge in [-0.3, -0.25) is 4.90 Å². The van der Waals surface area contributed by atoms with Gasteiger partial charge in [0.05, 0.1) is 18.1 Å². The first-order valence-corrected chi connectivity index (χ1v) is 8.75. The summed E-state index contributed by atoms with van der Waals surface area (Å²) in [6.45, 7) is 4.17. The van der Waals surface area contributed by atoms with E-state index in [-0.39, 0.29) is 0 Å². The van der Waals surface area contributed by atoms with Crippen LogP contribution in [0.4, 0.5) is 25.4 Å². The highest BCUT2D eigenvalue weighted by molar-refractivity contribution is 5.99. The summed E-state index contributed by atoms with van der Waals surface area (Å²) in [5.74, 6) is 0.126. The van der Waals surface area contributed by atoms with E-state index in [1.807, 2.05) is 4.90 Å². The van der Waals surface area contributed by atoms with E-state index in [0.29, 0.717) is 55.5 Å². The molecule has 0 atom stereocenters. The molecule has 10 heteroatoms. The summed E-state index contributed by atoms with van der Waals surface area (Å²) >= 11 is 0. The molecule has 1 aromatic carbocycles. The van der Waals surface area contributed by atoms with Crippen molar-refractivity contribution >= 4 is 23.5 Å². The number of nitrogens with zero attached hydrogens (tertiary/aromatic N) is 4. The number of rotatable bonds is 4. The van der Waals surface area contributed by atoms with Gasteiger partial charge in [-0.2, -0.15) is 0 Å². The van der Waals surface area contributed by atoms with E-state index in [9.17, 15) is 14.0 Å². The molecule has 0 bridgehead atoms. The lowest BCUT2D eigenvalue weighted by Crippen LogP contribution is -2.47. The summed E-state index contributed by atoms with van der Waals surface area (Å²) in [7, 11) is 0. The molecule has 1 aromatic heterocycles. The number of aryl methyl sites for hydroxylation is 1. The third-order valence-corrected chi connectivity index (χ3v) is 4.30. The predicted molar refractivity (Wildman–Crippen MR) is 101 cm³/mol. The van der Waals surface area contributed by atoms with E-state index in [0.717, 1.165) is 0 Å². The Morgan fingerprint density at radius 1 is 1.07 bits per heavy atom. The third-order valence-electron chi connectivity index (χ3n) is 4.30. The normalized spacial score (nSPS) is 14.6. The van der Waals surface area contributed by atoms with Crippen LogP contribution in [0.15, 0.2) is 30.6 Å². The van der Waals surface area contributed by atoms with Crippen molar-refractivity contribution in [2.45, 2.75) is 13.5 Å². The number of hydrogen-bond acceptors (Lipinski definition) is 5. The molecule has 1 saturated heterocycles. The number of nitrogens with one attached hydrogen (secondary N) is 2. The molecule has 3 amide bonds. The molecule has 3 rings (SSSR count). The molecule has 1 fully saturated rings. The second-order valence-electron chi connectivity index (χ2n) is 6.49. The fourth-order valence-corrected chi connectivity index (χ4v) is 2.92. The van der Waals surface area contributed by atoms with Gasteiger partial charge in [-0.25, -0.2) is 23.9 Å². The molecule has 0 aliphatic carbocycles. The molecule has 9 nitrogen and oxygen atoms in total. The lowest BCUT2D eigenvalue weighted by atomic mass is 10.1. The average molecular weight is 388 g/mol. The Morgan fingerprint density at radius 3 is 2.36 bits per heavy atom. The Labute approximate surface area is 161 Å². The van der Waals surface area contributed by atoms with Crippen LogP contribution < -0.4 is 10.6 Å². The number of amides is 3. The maximum Gasteiger partial charge on any atom is 0.407 e. The van der Waals surface area contributed by atoms with Gasteiger partial charge in [-0.05, 0) is 30.7 Å². The highest BCUT2D eigenvalue weighted by atomic mass is 19.1. The Bertz CT molecular complexity index is 853. The lowest BCUT2D eigenvalue weighted by molar-refractivity contribution is 0.103. The van der Waals surface area contributed by atoms with Crippen LogP contribution in [0.2, 0.25) is 0 Å². The third kappa shape index (κ3) is 5.36. The number of aromatic nitrogens is 2. The van der Waals surface area contributed by atoms with Gasteiger partial charge < -0.3 is 20.6 Å². The van der Waals surface area contributed by atoms with Crippen molar-refractivity contribution in [1.82, 2.24) is 19.8 Å². The Morgan fingerprint density at radius 2 is 1.71 bits per heavy atom. The van der Waals surface area contributed by atoms with Crippen molar-refractivity contribution < 1.29 is 19.1 Å². The van der Waals surface area contributed by atoms with Gasteiger partial charge in [-0.15, -0.1) is 0 Å². The van der Waals surface area contributed by atoms with Gasteiger partial charge in [0.1, 0.15) is 11.6 Å². The van der Waals surface area contributed by atoms with Crippen LogP contribution in [0, 0.1) is 12.7 Å². The van der Waals surface area contributed by atoms with E-state index in [1.54, 1.807) is 13.0 Å². The molecule has 2 heterocycles. The minimum absolute atomic E-state index is 0.324. The van der Waals surface area contributed by atoms with Crippen molar-refractivity contribution in [3.8, 4) is 0 Å². The molecule has 0 spiro atoms. The number of carbonyl (C=O) groups is 2. The number of anilines is 2. The maximum absolute atomic E-state index is 14.0. The van der Waals surface area contributed by atoms with Gasteiger partial charge >= 0.3 is 12.1 Å². The second kappa shape index (κ2) is 8.61. The monoisotopic (exact) mass is 388 g/mol. The van der Waals surface area contributed by atoms with Crippen molar-refractivity contribution in [2.75, 3.05) is 36.8 Å². The summed E-state index contributed by atoms with van der Waals surface area (Å²) in [5, 5.41) is 14.2. The first kappa shape index (κ1) is 19.5. The zero-order chi connectivity index (χ0) is 20.1. The van der Waals surface area contributed by atoms with Gasteiger partial charge in [0.15, 0.2) is 0 Å². The molecule has 0 unspecified atom stereocenters. The van der Waals surface area contributed by atoms with Crippen molar-refractivity contribution in [1.29, 1.82) is 0 Å². The van der Waals surface area contributed by atoms with Crippen LogP contribution in [-0.4, -0.2) is 63.2 Å². The molecular formula is C18H21FN6O3. The van der Waals surface area contributed by atoms with Crippen LogP contribution in [-0.2, 0) is 6.54 Å². The minimum atomic E-state index is -0.929. The Hall–Kier alpha value is -3.27. The lowest BCUT2D eigenvalue weighted by Gasteiger charge is -2.33. The molecule has 0 saturated carbocycles. The number of carboxylic acid groups (broad SMARTS) is 1. The average Bonchev–Trinajstić information content (AvgIpc) is 2.63. The molecule has 3 N–H and O–H groups in total. The zero-order valence-corrected chi connectivity index (χ0v) is 15.4. The Balaban J connectivity index is 1.59. The van der Waals surface area contributed by atoms with Crippen molar-refractivity contribution in [3.63, 3.8) is 0 Å². The number of carbonyl (C=O) groups excluding carboxylic acids is 1. The second-order valence-corrected chi connectivity index (χ2v) is 6.49. The number of benzene rings is 1. The SMILES string of the molecule is Cc1ncc(NC(=O)Nc2cc(F)cc(CN3CCN(C(=O)O)CC3)c2)cn1. The molecule has 1 aliphatic heterocycles. The number of urea groups is 1. The Kier molecular flexibility index (Phi) is 5.99. The summed E-state index contributed by atoms with van der Waals surface area (Å²) in [5.41, 5.74) is 1.44. The molecular weight excluding hydrogens is 367 g/mol. The molecule has 148 valence electrons. The zero-order valence-electron chi connectivity index (χ0n) is 15.4. The fraction of sp³-hybridized carbons (Fsp3) is 0.333. The number of hydrogen-bond donors (Lipinski definition) is 3. The molecule has 2 aromatic rings. The van der Waals surface area contributed by atoms with Gasteiger partial charge in [-0.1, -0.05) is 0 Å². The quantitative estimate of drug-likeness (QED) is 0.742. The first-order valence-electron chi connectivity index (χ1n) is 8.75. The van der Waals surface area contributed by atoms with Crippen LogP contribution in [0.1, 0.15) is 11.4 Å². The largest absolute Gasteiger partial charge is 0.465 e. The first-order chi connectivity index (χ1) is 13.4. The number of halogens is 1. The molecule has 28 heavy (non-hydrogen) atoms. The fourth-order valence-electron chi connectivity index (χ4n) is 2.92. The smallest absolute Gasteiger partial charge is 0.407 e. The summed E-state index contributed by atoms with van der Waals surface area (Å²) < 4.78 is 14.0. The van der Waals surface area contributed by atoms with Crippen LogP contribution >= 0.6 is 0 Å². The van der Waals surface area contributed by atoms with E-state index >= 15 is 0 Å². The summed E-state index contributed by atoms with van der Waals surface area (Å²) in [4.78, 5) is 34.4. The molecule has 1 aliphatic rings. The van der Waals surface area contributed by atoms with Gasteiger partial charge in [0.2, 0.25) is 0 Å².